The van der Waals surface area contributed by atoms with Crippen LogP contribution in [-0.4, -0.2) is 0 Å². The van der Waals surface area contributed by atoms with Crippen molar-refractivity contribution >= 4 is 11.4 Å². The molecular weight excluding hydrogens is 224 g/mol. The monoisotopic (exact) mass is 234 g/mol. The lowest BCUT2D eigenvalue weighted by Crippen LogP contribution is -2.00. The third kappa shape index (κ3) is 1.73. The maximum absolute atomic E-state index is 9.18. The molecule has 0 aromatic heterocycles. The molecule has 0 amide bonds. The van der Waals surface area contributed by atoms with Crippen molar-refractivity contribution in [2.24, 2.45) is 0 Å². The fourth-order valence-electron chi connectivity index (χ4n) is 1.80. The summed E-state index contributed by atoms with van der Waals surface area (Å²) in [5.74, 6) is 0. The third-order valence-corrected chi connectivity index (χ3v) is 2.73. The van der Waals surface area contributed by atoms with E-state index in [1.54, 1.807) is 30.3 Å². The normalized spacial score (nSPS) is 9.44. The molecule has 0 heterocycles. The molecule has 4 heteroatoms. The van der Waals surface area contributed by atoms with E-state index < -0.39 is 0 Å². The van der Waals surface area contributed by atoms with Gasteiger partial charge in [0.25, 0.3) is 0 Å². The summed E-state index contributed by atoms with van der Waals surface area (Å²) in [7, 11) is 0. The van der Waals surface area contributed by atoms with Crippen LogP contribution in [0.5, 0.6) is 0 Å². The van der Waals surface area contributed by atoms with Crippen LogP contribution in [0.3, 0.4) is 0 Å². The number of anilines is 2. The molecule has 4 N–H and O–H groups in total. The summed E-state index contributed by atoms with van der Waals surface area (Å²) < 4.78 is 0. The first-order valence-electron chi connectivity index (χ1n) is 5.26. The summed E-state index contributed by atoms with van der Waals surface area (Å²) in [4.78, 5) is 0. The van der Waals surface area contributed by atoms with E-state index in [-0.39, 0.29) is 5.69 Å². The third-order valence-electron chi connectivity index (χ3n) is 2.73. The fraction of sp³-hybridized carbons (Fsp3) is 0. The van der Waals surface area contributed by atoms with Crippen LogP contribution in [0.1, 0.15) is 11.1 Å². The van der Waals surface area contributed by atoms with Crippen LogP contribution in [0, 0.1) is 22.7 Å². The number of nitrogens with two attached hydrogens (primary N) is 2. The number of rotatable bonds is 1. The zero-order valence-electron chi connectivity index (χ0n) is 9.51. The van der Waals surface area contributed by atoms with Gasteiger partial charge in [-0.1, -0.05) is 24.3 Å². The Morgan fingerprint density at radius 2 is 1.56 bits per heavy atom. The van der Waals surface area contributed by atoms with Gasteiger partial charge in [0.2, 0.25) is 0 Å². The topological polar surface area (TPSA) is 99.6 Å². The molecule has 0 radical (unpaired) electrons. The fourth-order valence-corrected chi connectivity index (χ4v) is 1.80. The van der Waals surface area contributed by atoms with Crippen LogP contribution < -0.4 is 11.5 Å². The van der Waals surface area contributed by atoms with Crippen molar-refractivity contribution in [2.75, 3.05) is 11.5 Å². The van der Waals surface area contributed by atoms with E-state index in [1.807, 2.05) is 12.1 Å². The van der Waals surface area contributed by atoms with Gasteiger partial charge in [0.1, 0.15) is 6.07 Å². The molecule has 4 nitrogen and oxygen atoms in total. The number of nitriles is 2. The Bertz CT molecular complexity index is 690. The highest BCUT2D eigenvalue weighted by molar-refractivity contribution is 5.85. The van der Waals surface area contributed by atoms with E-state index in [2.05, 4.69) is 6.07 Å². The van der Waals surface area contributed by atoms with Gasteiger partial charge in [0.05, 0.1) is 28.6 Å². The molecule has 2 rings (SSSR count). The summed E-state index contributed by atoms with van der Waals surface area (Å²) in [6.07, 6.45) is 0. The van der Waals surface area contributed by atoms with Crippen LogP contribution in [0.2, 0.25) is 0 Å². The van der Waals surface area contributed by atoms with Crippen molar-refractivity contribution in [2.45, 2.75) is 0 Å². The van der Waals surface area contributed by atoms with Crippen molar-refractivity contribution in [3.8, 4) is 23.3 Å². The number of hydrogen-bond acceptors (Lipinski definition) is 4. The molecule has 86 valence electrons. The maximum atomic E-state index is 9.18. The summed E-state index contributed by atoms with van der Waals surface area (Å²) in [5, 5.41) is 18.3. The van der Waals surface area contributed by atoms with Gasteiger partial charge < -0.3 is 11.5 Å². The van der Waals surface area contributed by atoms with Gasteiger partial charge >= 0.3 is 0 Å². The Balaban J connectivity index is 2.78. The van der Waals surface area contributed by atoms with Gasteiger partial charge in [-0.05, 0) is 12.1 Å². The molecule has 0 aliphatic carbocycles. The Hall–Kier alpha value is -2.98. The summed E-state index contributed by atoms with van der Waals surface area (Å²) >= 11 is 0. The molecule has 0 bridgehead atoms. The van der Waals surface area contributed by atoms with E-state index in [0.29, 0.717) is 27.9 Å². The highest BCUT2D eigenvalue weighted by atomic mass is 14.7. The molecule has 0 saturated carbocycles. The number of benzene rings is 2. The lowest BCUT2D eigenvalue weighted by Gasteiger charge is -2.10. The van der Waals surface area contributed by atoms with Crippen LogP contribution in [0.4, 0.5) is 11.4 Å². The maximum Gasteiger partial charge on any atom is 0.102 e. The largest absolute Gasteiger partial charge is 0.397 e. The minimum atomic E-state index is 0.253. The van der Waals surface area contributed by atoms with Crippen molar-refractivity contribution in [3.63, 3.8) is 0 Å². The van der Waals surface area contributed by atoms with Crippen LogP contribution in [-0.2, 0) is 0 Å². The van der Waals surface area contributed by atoms with E-state index in [4.69, 9.17) is 16.7 Å². The van der Waals surface area contributed by atoms with Gasteiger partial charge in [0, 0.05) is 11.1 Å². The quantitative estimate of drug-likeness (QED) is 0.739. The predicted molar refractivity (Wildman–Crippen MR) is 70.1 cm³/mol. The molecule has 2 aromatic carbocycles. The molecule has 0 unspecified atom stereocenters. The molecule has 0 atom stereocenters. The first-order valence-corrected chi connectivity index (χ1v) is 5.26. The second kappa shape index (κ2) is 4.48. The van der Waals surface area contributed by atoms with Crippen LogP contribution in [0.25, 0.3) is 11.1 Å². The van der Waals surface area contributed by atoms with Crippen molar-refractivity contribution in [3.05, 3.63) is 47.5 Å². The van der Waals surface area contributed by atoms with Crippen LogP contribution in [0.15, 0.2) is 36.4 Å². The Kier molecular flexibility index (Phi) is 2.87. The summed E-state index contributed by atoms with van der Waals surface area (Å²) in [5.41, 5.74) is 14.2. The second-order valence-corrected chi connectivity index (χ2v) is 3.76. The van der Waals surface area contributed by atoms with Gasteiger partial charge in [-0.15, -0.1) is 0 Å². The van der Waals surface area contributed by atoms with Crippen molar-refractivity contribution < 1.29 is 0 Å². The van der Waals surface area contributed by atoms with Gasteiger partial charge in [-0.3, -0.25) is 0 Å². The standard InChI is InChI=1S/C14H10N4/c15-7-9-3-1-2-4-10(9)11-5-6-13(17)14(18)12(11)8-16/h1-6H,17-18H2. The Morgan fingerprint density at radius 3 is 2.22 bits per heavy atom. The number of hydrogen-bond donors (Lipinski definition) is 2. The minimum Gasteiger partial charge on any atom is -0.397 e. The van der Waals surface area contributed by atoms with E-state index >= 15 is 0 Å². The van der Waals surface area contributed by atoms with Crippen molar-refractivity contribution in [1.29, 1.82) is 10.5 Å². The van der Waals surface area contributed by atoms with Gasteiger partial charge in [-0.25, -0.2) is 0 Å². The lowest BCUT2D eigenvalue weighted by molar-refractivity contribution is 1.45. The lowest BCUT2D eigenvalue weighted by atomic mass is 9.95. The zero-order chi connectivity index (χ0) is 13.1. The molecule has 0 fully saturated rings. The zero-order valence-corrected chi connectivity index (χ0v) is 9.51. The molecule has 18 heavy (non-hydrogen) atoms. The first kappa shape index (κ1) is 11.5. The number of nitrogen functional groups attached to an aromatic ring is 2. The average Bonchev–Trinajstić information content (AvgIpc) is 2.41. The Morgan fingerprint density at radius 1 is 0.833 bits per heavy atom. The highest BCUT2D eigenvalue weighted by Crippen LogP contribution is 2.32. The van der Waals surface area contributed by atoms with Crippen molar-refractivity contribution in [1.82, 2.24) is 0 Å². The smallest absolute Gasteiger partial charge is 0.102 e. The van der Waals surface area contributed by atoms with E-state index in [9.17, 15) is 5.26 Å². The molecule has 0 saturated heterocycles. The summed E-state index contributed by atoms with van der Waals surface area (Å²) in [6.45, 7) is 0. The first-order chi connectivity index (χ1) is 8.69. The molecule has 2 aromatic rings. The Labute approximate surface area is 105 Å². The number of nitrogens with zero attached hydrogens (tertiary/aromatic N) is 2. The predicted octanol–water partition coefficient (Wildman–Crippen LogP) is 2.26. The van der Waals surface area contributed by atoms with Gasteiger partial charge in [0.15, 0.2) is 0 Å². The van der Waals surface area contributed by atoms with Crippen LogP contribution >= 0.6 is 0 Å². The molecule has 0 aliphatic rings. The molecule has 0 spiro atoms. The molecular formula is C14H10N4. The summed E-state index contributed by atoms with van der Waals surface area (Å²) in [6, 6.07) is 14.5. The second-order valence-electron chi connectivity index (χ2n) is 3.76. The molecule has 0 aliphatic heterocycles. The highest BCUT2D eigenvalue weighted by Gasteiger charge is 2.13. The average molecular weight is 234 g/mol. The van der Waals surface area contributed by atoms with E-state index in [1.165, 1.54) is 0 Å². The SMILES string of the molecule is N#Cc1ccccc1-c1ccc(N)c(N)c1C#N. The minimum absolute atomic E-state index is 0.253. The van der Waals surface area contributed by atoms with Gasteiger partial charge in [-0.2, -0.15) is 10.5 Å². The van der Waals surface area contributed by atoms with E-state index in [0.717, 1.165) is 0 Å².